The molecular formula is C21H24N4O4. The van der Waals surface area contributed by atoms with Crippen molar-refractivity contribution >= 4 is 17.4 Å². The molecule has 1 N–H and O–H groups in total. The third-order valence-electron chi connectivity index (χ3n) is 4.19. The van der Waals surface area contributed by atoms with Gasteiger partial charge in [-0.1, -0.05) is 0 Å². The summed E-state index contributed by atoms with van der Waals surface area (Å²) in [6, 6.07) is 10.2. The van der Waals surface area contributed by atoms with Gasteiger partial charge in [0.05, 0.1) is 18.4 Å². The molecule has 2 heterocycles. The highest BCUT2D eigenvalue weighted by Crippen LogP contribution is 2.17. The first-order valence-corrected chi connectivity index (χ1v) is 9.22. The number of furan rings is 1. The Balaban J connectivity index is 1.52. The maximum absolute atomic E-state index is 12.4. The topological polar surface area (TPSA) is 89.6 Å². The van der Waals surface area contributed by atoms with Crippen molar-refractivity contribution in [1.82, 2.24) is 14.7 Å². The van der Waals surface area contributed by atoms with E-state index >= 15 is 0 Å². The molecule has 0 saturated carbocycles. The van der Waals surface area contributed by atoms with E-state index in [-0.39, 0.29) is 24.1 Å². The van der Waals surface area contributed by atoms with Gasteiger partial charge in [-0.2, -0.15) is 5.10 Å². The zero-order valence-corrected chi connectivity index (χ0v) is 16.7. The van der Waals surface area contributed by atoms with Gasteiger partial charge in [0.1, 0.15) is 18.1 Å². The van der Waals surface area contributed by atoms with E-state index in [0.717, 1.165) is 13.1 Å². The summed E-state index contributed by atoms with van der Waals surface area (Å²) in [5.41, 5.74) is 1.23. The minimum Gasteiger partial charge on any atom is -0.486 e. The number of hydrogen-bond acceptors (Lipinski definition) is 6. The molecule has 8 heteroatoms. The van der Waals surface area contributed by atoms with Gasteiger partial charge in [-0.05, 0) is 57.4 Å². The van der Waals surface area contributed by atoms with Crippen molar-refractivity contribution in [2.24, 2.45) is 0 Å². The van der Waals surface area contributed by atoms with E-state index in [1.54, 1.807) is 53.5 Å². The summed E-state index contributed by atoms with van der Waals surface area (Å²) < 4.78 is 13.0. The van der Waals surface area contributed by atoms with Crippen LogP contribution in [0.2, 0.25) is 0 Å². The van der Waals surface area contributed by atoms with Gasteiger partial charge in [0.15, 0.2) is 11.5 Å². The minimum atomic E-state index is -0.353. The van der Waals surface area contributed by atoms with Crippen LogP contribution in [-0.4, -0.2) is 47.0 Å². The highest BCUT2D eigenvalue weighted by Gasteiger charge is 2.13. The molecule has 1 amide bonds. The smallest absolute Gasteiger partial charge is 0.291 e. The van der Waals surface area contributed by atoms with Gasteiger partial charge in [0.25, 0.3) is 5.91 Å². The standard InChI is InChI=1S/C21H24N4O4/c1-15(26)16-4-6-18(7-5-16)28-14-19-8-9-20(29-19)21(27)23-17-12-22-25(13-17)11-10-24(2)3/h4-9,12-13H,10-11,14H2,1-3H3,(H,23,27). The number of benzene rings is 1. The Hall–Kier alpha value is -3.39. The predicted octanol–water partition coefficient (Wildman–Crippen LogP) is 3.07. The van der Waals surface area contributed by atoms with E-state index in [9.17, 15) is 9.59 Å². The first-order valence-electron chi connectivity index (χ1n) is 9.22. The van der Waals surface area contributed by atoms with Crippen LogP contribution in [0.25, 0.3) is 0 Å². The quantitative estimate of drug-likeness (QED) is 0.559. The summed E-state index contributed by atoms with van der Waals surface area (Å²) in [4.78, 5) is 25.7. The van der Waals surface area contributed by atoms with Gasteiger partial charge in [-0.25, -0.2) is 0 Å². The van der Waals surface area contributed by atoms with Gasteiger partial charge in [-0.3, -0.25) is 14.3 Å². The lowest BCUT2D eigenvalue weighted by atomic mass is 10.1. The Labute approximate surface area is 169 Å². The molecule has 0 bridgehead atoms. The fourth-order valence-electron chi connectivity index (χ4n) is 2.56. The summed E-state index contributed by atoms with van der Waals surface area (Å²) in [5, 5.41) is 6.99. The SMILES string of the molecule is CC(=O)c1ccc(OCc2ccc(C(=O)Nc3cnn(CCN(C)C)c3)o2)cc1. The fourth-order valence-corrected chi connectivity index (χ4v) is 2.56. The molecule has 2 aromatic heterocycles. The van der Waals surface area contributed by atoms with Crippen molar-refractivity contribution in [2.75, 3.05) is 26.0 Å². The normalized spacial score (nSPS) is 10.9. The largest absolute Gasteiger partial charge is 0.486 e. The van der Waals surface area contributed by atoms with Crippen LogP contribution in [0.5, 0.6) is 5.75 Å². The molecule has 0 spiro atoms. The number of carbonyl (C=O) groups is 2. The molecule has 3 rings (SSSR count). The summed E-state index contributed by atoms with van der Waals surface area (Å²) in [6.07, 6.45) is 3.38. The molecule has 0 saturated heterocycles. The number of hydrogen-bond donors (Lipinski definition) is 1. The highest BCUT2D eigenvalue weighted by molar-refractivity contribution is 6.02. The van der Waals surface area contributed by atoms with Gasteiger partial charge in [0, 0.05) is 18.3 Å². The van der Waals surface area contributed by atoms with E-state index in [1.165, 1.54) is 6.92 Å². The van der Waals surface area contributed by atoms with Gasteiger partial charge < -0.3 is 19.4 Å². The summed E-state index contributed by atoms with van der Waals surface area (Å²) in [5.74, 6) is 0.974. The number of ether oxygens (including phenoxy) is 1. The molecule has 3 aromatic rings. The van der Waals surface area contributed by atoms with Crippen molar-refractivity contribution in [3.8, 4) is 5.75 Å². The van der Waals surface area contributed by atoms with Crippen LogP contribution in [0.1, 0.15) is 33.6 Å². The van der Waals surface area contributed by atoms with Crippen LogP contribution >= 0.6 is 0 Å². The first-order chi connectivity index (χ1) is 13.9. The van der Waals surface area contributed by atoms with E-state index in [1.807, 2.05) is 14.1 Å². The Bertz CT molecular complexity index is 973. The fraction of sp³-hybridized carbons (Fsp3) is 0.286. The van der Waals surface area contributed by atoms with Crippen molar-refractivity contribution in [2.45, 2.75) is 20.1 Å². The number of nitrogens with zero attached hydrogens (tertiary/aromatic N) is 3. The van der Waals surface area contributed by atoms with Gasteiger partial charge in [0.2, 0.25) is 0 Å². The van der Waals surface area contributed by atoms with Crippen LogP contribution in [0.3, 0.4) is 0 Å². The third-order valence-corrected chi connectivity index (χ3v) is 4.19. The monoisotopic (exact) mass is 396 g/mol. The van der Waals surface area contributed by atoms with Crippen molar-refractivity contribution in [1.29, 1.82) is 0 Å². The number of ketones is 1. The second-order valence-electron chi connectivity index (χ2n) is 6.88. The van der Waals surface area contributed by atoms with Gasteiger partial charge in [-0.15, -0.1) is 0 Å². The molecule has 29 heavy (non-hydrogen) atoms. The molecule has 0 aliphatic rings. The van der Waals surface area contributed by atoms with Crippen LogP contribution in [0.4, 0.5) is 5.69 Å². The average Bonchev–Trinajstić information content (AvgIpc) is 3.34. The number of carbonyl (C=O) groups excluding carboxylic acids is 2. The Morgan fingerprint density at radius 1 is 1.17 bits per heavy atom. The van der Waals surface area contributed by atoms with E-state index in [0.29, 0.717) is 22.8 Å². The Morgan fingerprint density at radius 2 is 1.93 bits per heavy atom. The number of rotatable bonds is 9. The molecule has 0 atom stereocenters. The number of amides is 1. The molecule has 0 aliphatic carbocycles. The third kappa shape index (κ3) is 5.79. The van der Waals surface area contributed by atoms with Crippen LogP contribution in [0, 0.1) is 0 Å². The molecule has 152 valence electrons. The molecule has 1 aromatic carbocycles. The maximum Gasteiger partial charge on any atom is 0.291 e. The summed E-state index contributed by atoms with van der Waals surface area (Å²) in [7, 11) is 3.98. The lowest BCUT2D eigenvalue weighted by Crippen LogP contribution is -2.18. The predicted molar refractivity (Wildman–Crippen MR) is 108 cm³/mol. The molecule has 0 aliphatic heterocycles. The molecular weight excluding hydrogens is 372 g/mol. The zero-order chi connectivity index (χ0) is 20.8. The van der Waals surface area contributed by atoms with E-state index in [2.05, 4.69) is 15.3 Å². The molecule has 0 fully saturated rings. The number of Topliss-reactive ketones (excluding diaryl/α,β-unsaturated/α-hetero) is 1. The number of likely N-dealkylation sites (N-methyl/N-ethyl adjacent to an activating group) is 1. The van der Waals surface area contributed by atoms with Crippen molar-refractivity contribution in [3.63, 3.8) is 0 Å². The molecule has 0 radical (unpaired) electrons. The zero-order valence-electron chi connectivity index (χ0n) is 16.7. The summed E-state index contributed by atoms with van der Waals surface area (Å²) in [6.45, 7) is 3.28. The van der Waals surface area contributed by atoms with E-state index in [4.69, 9.17) is 9.15 Å². The Morgan fingerprint density at radius 3 is 2.62 bits per heavy atom. The molecule has 8 nitrogen and oxygen atoms in total. The lowest BCUT2D eigenvalue weighted by Gasteiger charge is -2.08. The van der Waals surface area contributed by atoms with Crippen molar-refractivity contribution < 1.29 is 18.7 Å². The van der Waals surface area contributed by atoms with Crippen LogP contribution < -0.4 is 10.1 Å². The number of nitrogens with one attached hydrogen (secondary N) is 1. The van der Waals surface area contributed by atoms with Crippen molar-refractivity contribution in [3.05, 3.63) is 65.9 Å². The second kappa shape index (κ2) is 9.20. The lowest BCUT2D eigenvalue weighted by molar-refractivity contribution is 0.0990. The average molecular weight is 396 g/mol. The van der Waals surface area contributed by atoms with Gasteiger partial charge >= 0.3 is 0 Å². The first kappa shape index (κ1) is 20.3. The summed E-state index contributed by atoms with van der Waals surface area (Å²) >= 11 is 0. The second-order valence-corrected chi connectivity index (χ2v) is 6.88. The van der Waals surface area contributed by atoms with E-state index < -0.39 is 0 Å². The number of aromatic nitrogens is 2. The Kier molecular flexibility index (Phi) is 6.46. The molecule has 0 unspecified atom stereocenters. The minimum absolute atomic E-state index is 0.00137. The van der Waals surface area contributed by atoms with Crippen LogP contribution in [0.15, 0.2) is 53.2 Å². The maximum atomic E-state index is 12.4. The van der Waals surface area contributed by atoms with Crippen LogP contribution in [-0.2, 0) is 13.2 Å². The highest BCUT2D eigenvalue weighted by atomic mass is 16.5. The number of anilines is 1.